The van der Waals surface area contributed by atoms with Gasteiger partial charge in [-0.05, 0) is 90.3 Å². The third-order valence-electron chi connectivity index (χ3n) is 8.74. The molecule has 9 aromatic rings. The van der Waals surface area contributed by atoms with Crippen LogP contribution in [0.2, 0.25) is 0 Å². The summed E-state index contributed by atoms with van der Waals surface area (Å²) in [6, 6.07) is 48.1. The summed E-state index contributed by atoms with van der Waals surface area (Å²) in [4.78, 5) is 0. The first-order valence-corrected chi connectivity index (χ1v) is 15.1. The molecule has 210 valence electrons. The summed E-state index contributed by atoms with van der Waals surface area (Å²) in [5.41, 5.74) is 7.87. The lowest BCUT2D eigenvalue weighted by atomic mass is 9.83. The van der Waals surface area contributed by atoms with Crippen LogP contribution in [0.25, 0.3) is 88.0 Å². The van der Waals surface area contributed by atoms with Crippen LogP contribution < -0.4 is 0 Å². The number of benzene rings is 8. The quantitative estimate of drug-likeness (QED) is 0.190. The number of rotatable bonds is 4. The Morgan fingerprint density at radius 1 is 0.400 bits per heavy atom. The Morgan fingerprint density at radius 2 is 1.00 bits per heavy atom. The minimum Gasteiger partial charge on any atom is -0.456 e. The molecule has 0 atom stereocenters. The highest BCUT2D eigenvalue weighted by molar-refractivity contribution is 6.26. The fourth-order valence-corrected chi connectivity index (χ4v) is 6.75. The van der Waals surface area contributed by atoms with E-state index in [2.05, 4.69) is 54.6 Å². The van der Waals surface area contributed by atoms with Gasteiger partial charge < -0.3 is 4.42 Å². The van der Waals surface area contributed by atoms with Gasteiger partial charge in [-0.2, -0.15) is 0 Å². The lowest BCUT2D eigenvalue weighted by molar-refractivity contribution is 0.669. The molecule has 0 N–H and O–H groups in total. The maximum absolute atomic E-state index is 9.63. The van der Waals surface area contributed by atoms with Crippen molar-refractivity contribution in [2.45, 2.75) is 0 Å². The van der Waals surface area contributed by atoms with E-state index in [4.69, 9.17) is 7.16 Å². The Hall–Kier alpha value is -5.92. The smallest absolute Gasteiger partial charge is 0.136 e. The summed E-state index contributed by atoms with van der Waals surface area (Å²) in [6.45, 7) is 0. The third kappa shape index (κ3) is 4.17. The molecule has 0 fully saturated rings. The molecule has 0 radical (unpaired) electrons. The Kier molecular flexibility index (Phi) is 5.00. The largest absolute Gasteiger partial charge is 0.456 e. The standard InChI is InChI=1S/C44H28O/c1-3-13-29(14-4-1)31-17-11-18-33(27-31)42-34-19-7-8-20-35(34)43(36-26-25-32(28-39(36)42)30-15-5-2-6-16-30)38-22-12-24-41-44(38)37-21-9-10-23-40(37)45-41/h1-28H/i11D,17D,18D,27D. The van der Waals surface area contributed by atoms with Gasteiger partial charge in [-0.3, -0.25) is 0 Å². The normalized spacial score (nSPS) is 12.8. The van der Waals surface area contributed by atoms with Gasteiger partial charge in [0.15, 0.2) is 0 Å². The van der Waals surface area contributed by atoms with Crippen LogP contribution in [-0.2, 0) is 0 Å². The van der Waals surface area contributed by atoms with Crippen LogP contribution in [0, 0.1) is 0 Å². The highest BCUT2D eigenvalue weighted by atomic mass is 16.3. The average molecular weight is 577 g/mol. The monoisotopic (exact) mass is 576 g/mol. The van der Waals surface area contributed by atoms with E-state index in [0.29, 0.717) is 16.7 Å². The Labute approximate surface area is 267 Å². The molecular weight excluding hydrogens is 544 g/mol. The molecule has 0 saturated carbocycles. The molecule has 8 aromatic carbocycles. The van der Waals surface area contributed by atoms with E-state index in [9.17, 15) is 2.74 Å². The zero-order valence-corrected chi connectivity index (χ0v) is 24.3. The maximum atomic E-state index is 9.63. The Bertz CT molecular complexity index is 2750. The molecule has 45 heavy (non-hydrogen) atoms. The fourth-order valence-electron chi connectivity index (χ4n) is 6.75. The van der Waals surface area contributed by atoms with Crippen molar-refractivity contribution in [1.29, 1.82) is 0 Å². The lowest BCUT2D eigenvalue weighted by Crippen LogP contribution is -1.92. The molecule has 9 rings (SSSR count). The van der Waals surface area contributed by atoms with Crippen molar-refractivity contribution in [1.82, 2.24) is 0 Å². The lowest BCUT2D eigenvalue weighted by Gasteiger charge is -2.19. The second kappa shape index (κ2) is 10.4. The Morgan fingerprint density at radius 3 is 1.78 bits per heavy atom. The van der Waals surface area contributed by atoms with Crippen LogP contribution >= 0.6 is 0 Å². The summed E-state index contributed by atoms with van der Waals surface area (Å²) in [5.74, 6) is 0. The highest BCUT2D eigenvalue weighted by Gasteiger charge is 2.21. The van der Waals surface area contributed by atoms with E-state index in [1.54, 1.807) is 0 Å². The zero-order chi connectivity index (χ0) is 33.2. The van der Waals surface area contributed by atoms with E-state index >= 15 is 0 Å². The van der Waals surface area contributed by atoms with Gasteiger partial charge in [-0.25, -0.2) is 0 Å². The maximum Gasteiger partial charge on any atom is 0.136 e. The minimum absolute atomic E-state index is 0.0736. The van der Waals surface area contributed by atoms with Crippen molar-refractivity contribution < 1.29 is 9.90 Å². The molecule has 0 aliphatic rings. The van der Waals surface area contributed by atoms with Crippen LogP contribution in [0.5, 0.6) is 0 Å². The van der Waals surface area contributed by atoms with Crippen molar-refractivity contribution in [2.24, 2.45) is 0 Å². The van der Waals surface area contributed by atoms with Crippen LogP contribution in [0.15, 0.2) is 174 Å². The molecule has 0 aliphatic carbocycles. The van der Waals surface area contributed by atoms with Gasteiger partial charge in [0.1, 0.15) is 11.2 Å². The highest BCUT2D eigenvalue weighted by Crippen LogP contribution is 2.48. The number of furan rings is 1. The average Bonchev–Trinajstić information content (AvgIpc) is 3.54. The SMILES string of the molecule is [2H]c1c([2H])c(-c2ccccc2)c([2H])c(-c2c3ccccc3c(-c3cccc4oc5ccccc5c34)c3ccc(-c4ccccc4)cc23)c1[2H]. The van der Waals surface area contributed by atoms with Gasteiger partial charge in [-0.1, -0.05) is 146 Å². The van der Waals surface area contributed by atoms with Crippen LogP contribution in [0.1, 0.15) is 5.48 Å². The van der Waals surface area contributed by atoms with Gasteiger partial charge in [0, 0.05) is 10.8 Å². The second-order valence-corrected chi connectivity index (χ2v) is 11.3. The molecular formula is C44H28O. The summed E-state index contributed by atoms with van der Waals surface area (Å²) in [6.07, 6.45) is 0. The first-order valence-electron chi connectivity index (χ1n) is 17.1. The topological polar surface area (TPSA) is 13.1 Å². The van der Waals surface area contributed by atoms with Crippen LogP contribution in [0.3, 0.4) is 0 Å². The van der Waals surface area contributed by atoms with Gasteiger partial charge >= 0.3 is 0 Å². The molecule has 0 aliphatic heterocycles. The molecule has 0 bridgehead atoms. The number of fused-ring (bicyclic) bond motifs is 5. The van der Waals surface area contributed by atoms with Gasteiger partial charge in [-0.15, -0.1) is 0 Å². The number of hydrogen-bond donors (Lipinski definition) is 0. The second-order valence-electron chi connectivity index (χ2n) is 11.3. The molecule has 1 heteroatoms. The predicted octanol–water partition coefficient (Wildman–Crippen LogP) is 12.6. The van der Waals surface area contributed by atoms with Crippen molar-refractivity contribution in [3.05, 3.63) is 170 Å². The molecule has 0 saturated heterocycles. The fraction of sp³-hybridized carbons (Fsp3) is 0. The predicted molar refractivity (Wildman–Crippen MR) is 190 cm³/mol. The summed E-state index contributed by atoms with van der Waals surface area (Å²) in [5, 5.41) is 5.75. The summed E-state index contributed by atoms with van der Waals surface area (Å²) < 4.78 is 43.1. The van der Waals surface area contributed by atoms with Gasteiger partial charge in [0.2, 0.25) is 0 Å². The zero-order valence-electron chi connectivity index (χ0n) is 28.3. The molecule has 0 spiro atoms. The number of hydrogen-bond acceptors (Lipinski definition) is 1. The van der Waals surface area contributed by atoms with Crippen molar-refractivity contribution >= 4 is 43.5 Å². The minimum atomic E-state index is -0.194. The molecule has 0 unspecified atom stereocenters. The van der Waals surface area contributed by atoms with Crippen LogP contribution in [-0.4, -0.2) is 0 Å². The number of para-hydroxylation sites is 1. The molecule has 1 heterocycles. The van der Waals surface area contributed by atoms with Crippen LogP contribution in [0.4, 0.5) is 0 Å². The van der Waals surface area contributed by atoms with Crippen molar-refractivity contribution in [3.63, 3.8) is 0 Å². The van der Waals surface area contributed by atoms with Crippen molar-refractivity contribution in [3.8, 4) is 44.5 Å². The first-order chi connectivity index (χ1) is 24.0. The molecule has 1 nitrogen and oxygen atoms in total. The summed E-state index contributed by atoms with van der Waals surface area (Å²) >= 11 is 0. The van der Waals surface area contributed by atoms with Gasteiger partial charge in [0.25, 0.3) is 0 Å². The first kappa shape index (κ1) is 21.7. The molecule has 0 amide bonds. The Balaban J connectivity index is 1.48. The summed E-state index contributed by atoms with van der Waals surface area (Å²) in [7, 11) is 0. The van der Waals surface area contributed by atoms with E-state index in [1.807, 2.05) is 91.0 Å². The van der Waals surface area contributed by atoms with Gasteiger partial charge in [0.05, 0.1) is 5.48 Å². The van der Waals surface area contributed by atoms with E-state index < -0.39 is 0 Å². The molecule has 1 aromatic heterocycles. The van der Waals surface area contributed by atoms with Crippen molar-refractivity contribution in [2.75, 3.05) is 0 Å². The van der Waals surface area contributed by atoms with E-state index in [0.717, 1.165) is 71.3 Å². The van der Waals surface area contributed by atoms with E-state index in [1.165, 1.54) is 0 Å². The third-order valence-corrected chi connectivity index (χ3v) is 8.74. The van der Waals surface area contributed by atoms with E-state index in [-0.39, 0.29) is 24.2 Å².